The van der Waals surface area contributed by atoms with Crippen molar-refractivity contribution in [3.8, 4) is 5.75 Å². The van der Waals surface area contributed by atoms with E-state index < -0.39 is 0 Å². The Hall–Kier alpha value is -1.03. The molecule has 0 saturated heterocycles. The zero-order chi connectivity index (χ0) is 13.1. The molecule has 0 unspecified atom stereocenters. The topological polar surface area (TPSA) is 40.5 Å². The Morgan fingerprint density at radius 1 is 1.44 bits per heavy atom. The Morgan fingerprint density at radius 3 is 2.67 bits per heavy atom. The Kier molecular flexibility index (Phi) is 4.27. The molecule has 1 aromatic carbocycles. The summed E-state index contributed by atoms with van der Waals surface area (Å²) in [5, 5.41) is 9.87. The van der Waals surface area contributed by atoms with Crippen molar-refractivity contribution in [3.05, 3.63) is 28.2 Å². The number of phenolic OH excluding ortho intramolecular Hbond substituents is 1. The predicted molar refractivity (Wildman–Crippen MR) is 74.8 cm³/mol. The first kappa shape index (κ1) is 13.4. The summed E-state index contributed by atoms with van der Waals surface area (Å²) >= 11 is 3.28. The van der Waals surface area contributed by atoms with Gasteiger partial charge in [0.05, 0.1) is 5.56 Å². The van der Waals surface area contributed by atoms with Crippen molar-refractivity contribution in [1.29, 1.82) is 0 Å². The molecule has 98 valence electrons. The highest BCUT2D eigenvalue weighted by Crippen LogP contribution is 2.28. The van der Waals surface area contributed by atoms with Gasteiger partial charge >= 0.3 is 0 Å². The number of benzene rings is 1. The van der Waals surface area contributed by atoms with Crippen molar-refractivity contribution in [2.75, 3.05) is 6.54 Å². The number of amides is 1. The van der Waals surface area contributed by atoms with Crippen LogP contribution in [-0.4, -0.2) is 28.5 Å². The fourth-order valence-electron chi connectivity index (χ4n) is 2.62. The van der Waals surface area contributed by atoms with Crippen LogP contribution in [0.4, 0.5) is 0 Å². The molecule has 1 N–H and O–H groups in total. The summed E-state index contributed by atoms with van der Waals surface area (Å²) in [6.45, 7) is 2.69. The minimum atomic E-state index is -0.0607. The highest BCUT2D eigenvalue weighted by molar-refractivity contribution is 9.10. The molecule has 1 aliphatic carbocycles. The average Bonchev–Trinajstić information content (AvgIpc) is 2.83. The first-order valence-electron chi connectivity index (χ1n) is 6.43. The van der Waals surface area contributed by atoms with E-state index in [1.807, 2.05) is 11.8 Å². The Balaban J connectivity index is 2.22. The first-order valence-corrected chi connectivity index (χ1v) is 7.22. The summed E-state index contributed by atoms with van der Waals surface area (Å²) in [5.41, 5.74) is 0.395. The largest absolute Gasteiger partial charge is 0.507 e. The maximum Gasteiger partial charge on any atom is 0.257 e. The lowest BCUT2D eigenvalue weighted by Gasteiger charge is -2.28. The van der Waals surface area contributed by atoms with E-state index in [9.17, 15) is 9.90 Å². The van der Waals surface area contributed by atoms with E-state index in [0.29, 0.717) is 18.2 Å². The Labute approximate surface area is 116 Å². The molecule has 1 amide bonds. The van der Waals surface area contributed by atoms with Crippen LogP contribution in [0, 0.1) is 0 Å². The van der Waals surface area contributed by atoms with Gasteiger partial charge in [-0.25, -0.2) is 0 Å². The number of halogens is 1. The predicted octanol–water partition coefficient (Wildman–Crippen LogP) is 3.56. The van der Waals surface area contributed by atoms with Gasteiger partial charge in [-0.1, -0.05) is 28.8 Å². The summed E-state index contributed by atoms with van der Waals surface area (Å²) in [4.78, 5) is 14.3. The SMILES string of the molecule is CCN(C(=O)c1ccc(Br)cc1O)C1CCCC1. The van der Waals surface area contributed by atoms with E-state index in [1.54, 1.807) is 18.2 Å². The minimum Gasteiger partial charge on any atom is -0.507 e. The van der Waals surface area contributed by atoms with Gasteiger partial charge in [0.1, 0.15) is 5.75 Å². The molecule has 1 fully saturated rings. The monoisotopic (exact) mass is 311 g/mol. The maximum absolute atomic E-state index is 12.4. The van der Waals surface area contributed by atoms with Crippen LogP contribution < -0.4 is 0 Å². The third kappa shape index (κ3) is 2.69. The van der Waals surface area contributed by atoms with Crippen molar-refractivity contribution < 1.29 is 9.90 Å². The lowest BCUT2D eigenvalue weighted by atomic mass is 10.1. The molecular formula is C14H18BrNO2. The number of hydrogen-bond donors (Lipinski definition) is 1. The van der Waals surface area contributed by atoms with E-state index in [-0.39, 0.29) is 11.7 Å². The fraction of sp³-hybridized carbons (Fsp3) is 0.500. The van der Waals surface area contributed by atoms with Crippen LogP contribution in [0.2, 0.25) is 0 Å². The molecule has 2 rings (SSSR count). The summed E-state index contributed by atoms with van der Waals surface area (Å²) in [6.07, 6.45) is 4.55. The molecule has 3 nitrogen and oxygen atoms in total. The molecule has 4 heteroatoms. The fourth-order valence-corrected chi connectivity index (χ4v) is 2.97. The molecule has 0 spiro atoms. The molecular weight excluding hydrogens is 294 g/mol. The lowest BCUT2D eigenvalue weighted by Crippen LogP contribution is -2.38. The Bertz CT molecular complexity index is 441. The van der Waals surface area contributed by atoms with E-state index in [1.165, 1.54) is 12.8 Å². The van der Waals surface area contributed by atoms with Gasteiger partial charge < -0.3 is 10.0 Å². The molecule has 18 heavy (non-hydrogen) atoms. The highest BCUT2D eigenvalue weighted by Gasteiger charge is 2.27. The number of phenols is 1. The maximum atomic E-state index is 12.4. The Morgan fingerprint density at radius 2 is 2.11 bits per heavy atom. The summed E-state index contributed by atoms with van der Waals surface area (Å²) in [6, 6.07) is 5.37. The van der Waals surface area contributed by atoms with Crippen molar-refractivity contribution in [3.63, 3.8) is 0 Å². The molecule has 0 aromatic heterocycles. The molecule has 0 atom stereocenters. The highest BCUT2D eigenvalue weighted by atomic mass is 79.9. The van der Waals surface area contributed by atoms with Crippen molar-refractivity contribution in [2.45, 2.75) is 38.6 Å². The van der Waals surface area contributed by atoms with Crippen molar-refractivity contribution in [1.82, 2.24) is 4.90 Å². The number of nitrogens with zero attached hydrogens (tertiary/aromatic N) is 1. The van der Waals surface area contributed by atoms with Gasteiger partial charge in [0.2, 0.25) is 0 Å². The van der Waals surface area contributed by atoms with Gasteiger partial charge in [0.15, 0.2) is 0 Å². The number of aromatic hydroxyl groups is 1. The second-order valence-electron chi connectivity index (χ2n) is 4.69. The second kappa shape index (κ2) is 5.74. The molecule has 1 aromatic rings. The van der Waals surface area contributed by atoms with Crippen LogP contribution in [0.15, 0.2) is 22.7 Å². The molecule has 1 saturated carbocycles. The van der Waals surface area contributed by atoms with Gasteiger partial charge in [0, 0.05) is 17.1 Å². The first-order chi connectivity index (χ1) is 8.63. The lowest BCUT2D eigenvalue weighted by molar-refractivity contribution is 0.0690. The molecule has 0 bridgehead atoms. The smallest absolute Gasteiger partial charge is 0.257 e. The summed E-state index contributed by atoms with van der Waals surface area (Å²) < 4.78 is 0.778. The molecule has 0 radical (unpaired) electrons. The van der Waals surface area contributed by atoms with E-state index in [4.69, 9.17) is 0 Å². The average molecular weight is 312 g/mol. The number of rotatable bonds is 3. The quantitative estimate of drug-likeness (QED) is 0.927. The van der Waals surface area contributed by atoms with E-state index in [2.05, 4.69) is 15.9 Å². The number of carbonyl (C=O) groups is 1. The standard InChI is InChI=1S/C14H18BrNO2/c1-2-16(11-5-3-4-6-11)14(18)12-8-7-10(15)9-13(12)17/h7-9,11,17H,2-6H2,1H3. The third-order valence-corrected chi connectivity index (χ3v) is 4.05. The van der Waals surface area contributed by atoms with Crippen LogP contribution in [0.3, 0.4) is 0 Å². The van der Waals surface area contributed by atoms with Crippen LogP contribution in [0.25, 0.3) is 0 Å². The zero-order valence-electron chi connectivity index (χ0n) is 10.5. The second-order valence-corrected chi connectivity index (χ2v) is 5.61. The summed E-state index contributed by atoms with van der Waals surface area (Å²) in [5.74, 6) is -0.0137. The van der Waals surface area contributed by atoms with Gasteiger partial charge in [0.25, 0.3) is 5.91 Å². The van der Waals surface area contributed by atoms with Gasteiger partial charge in [-0.15, -0.1) is 0 Å². The zero-order valence-corrected chi connectivity index (χ0v) is 12.1. The van der Waals surface area contributed by atoms with Crippen LogP contribution >= 0.6 is 15.9 Å². The van der Waals surface area contributed by atoms with Gasteiger partial charge in [-0.2, -0.15) is 0 Å². The van der Waals surface area contributed by atoms with Crippen molar-refractivity contribution in [2.24, 2.45) is 0 Å². The molecule has 0 heterocycles. The number of hydrogen-bond acceptors (Lipinski definition) is 2. The van der Waals surface area contributed by atoms with E-state index in [0.717, 1.165) is 17.3 Å². The van der Waals surface area contributed by atoms with Gasteiger partial charge in [-0.3, -0.25) is 4.79 Å². The van der Waals surface area contributed by atoms with E-state index >= 15 is 0 Å². The van der Waals surface area contributed by atoms with Gasteiger partial charge in [-0.05, 0) is 38.0 Å². The molecule has 0 aliphatic heterocycles. The minimum absolute atomic E-state index is 0.0471. The van der Waals surface area contributed by atoms with Crippen molar-refractivity contribution >= 4 is 21.8 Å². The summed E-state index contributed by atoms with van der Waals surface area (Å²) in [7, 11) is 0. The van der Waals surface area contributed by atoms with Crippen LogP contribution in [-0.2, 0) is 0 Å². The molecule has 1 aliphatic rings. The van der Waals surface area contributed by atoms with Crippen LogP contribution in [0.1, 0.15) is 43.0 Å². The van der Waals surface area contributed by atoms with Crippen LogP contribution in [0.5, 0.6) is 5.75 Å². The number of carbonyl (C=O) groups excluding carboxylic acids is 1. The normalized spacial score (nSPS) is 15.9. The third-order valence-electron chi connectivity index (χ3n) is 3.56.